The second kappa shape index (κ2) is 13.1. The molecule has 1 aliphatic carbocycles. The summed E-state index contributed by atoms with van der Waals surface area (Å²) in [6.07, 6.45) is 0. The van der Waals surface area contributed by atoms with E-state index in [1.54, 1.807) is 0 Å². The normalized spacial score (nSPS) is 11.9. The van der Waals surface area contributed by atoms with Crippen molar-refractivity contribution < 1.29 is 0 Å². The third-order valence-corrected chi connectivity index (χ3v) is 12.1. The predicted molar refractivity (Wildman–Crippen MR) is 257 cm³/mol. The van der Waals surface area contributed by atoms with E-state index >= 15 is 0 Å². The Hall–Kier alpha value is -6.25. The van der Waals surface area contributed by atoms with Gasteiger partial charge in [-0.05, 0) is 101 Å². The zero-order chi connectivity index (χ0) is 40.4. The van der Waals surface area contributed by atoms with Crippen molar-refractivity contribution in [3.63, 3.8) is 0 Å². The SMILES string of the molecule is [B]c1c([B])c([B])c2c(-c3ccc4c5c(cccc35)-c3ccccc3-4)c3c([B])c([B])c([B])c([B])c3c(-c3ccc(-n4c(-c5ccccc5)nc5ccccc54)cc3)c2c1[B]. The molecule has 10 aromatic rings. The van der Waals surface area contributed by atoms with Crippen LogP contribution in [0.15, 0.2) is 133 Å². The fourth-order valence-electron chi connectivity index (χ4n) is 9.38. The van der Waals surface area contributed by atoms with Crippen LogP contribution in [0.1, 0.15) is 0 Å². The van der Waals surface area contributed by atoms with Crippen molar-refractivity contribution in [2.45, 2.75) is 0 Å². The Kier molecular flexibility index (Phi) is 7.98. The van der Waals surface area contributed by atoms with Crippen molar-refractivity contribution in [2.24, 2.45) is 0 Å². The van der Waals surface area contributed by atoms with Crippen LogP contribution in [0.3, 0.4) is 0 Å². The molecule has 16 radical (unpaired) electrons. The van der Waals surface area contributed by atoms with E-state index in [9.17, 15) is 0 Å². The van der Waals surface area contributed by atoms with Gasteiger partial charge in [0.15, 0.2) is 0 Å². The zero-order valence-corrected chi connectivity index (χ0v) is 31.7. The third-order valence-electron chi connectivity index (χ3n) is 12.1. The Morgan fingerprint density at radius 3 is 1.44 bits per heavy atom. The Morgan fingerprint density at radius 2 is 0.831 bits per heavy atom. The molecular weight excluding hydrogens is 703 g/mol. The lowest BCUT2D eigenvalue weighted by Crippen LogP contribution is -2.50. The minimum atomic E-state index is 0.168. The molecule has 0 unspecified atom stereocenters. The van der Waals surface area contributed by atoms with Crippen molar-refractivity contribution >= 4 is 150 Å². The monoisotopic (exact) mass is 726 g/mol. The van der Waals surface area contributed by atoms with Gasteiger partial charge in [0.05, 0.1) is 11.0 Å². The van der Waals surface area contributed by atoms with Crippen molar-refractivity contribution in [2.75, 3.05) is 0 Å². The molecule has 1 aromatic heterocycles. The average Bonchev–Trinajstić information content (AvgIpc) is 3.83. The second-order valence-electron chi connectivity index (χ2n) is 15.2. The molecule has 0 saturated carbocycles. The maximum Gasteiger partial charge on any atom is 0.145 e. The van der Waals surface area contributed by atoms with Crippen LogP contribution in [0.25, 0.3) is 105 Å². The van der Waals surface area contributed by atoms with E-state index in [-0.39, 0.29) is 43.7 Å². The second-order valence-corrected chi connectivity index (χ2v) is 15.2. The zero-order valence-electron chi connectivity index (χ0n) is 31.7. The molecule has 2 nitrogen and oxygen atoms in total. The summed E-state index contributed by atoms with van der Waals surface area (Å²) in [4.78, 5) is 5.04. The first kappa shape index (κ1) is 35.9. The molecule has 9 aromatic carbocycles. The van der Waals surface area contributed by atoms with Crippen LogP contribution in [0.5, 0.6) is 0 Å². The van der Waals surface area contributed by atoms with Crippen LogP contribution in [0.4, 0.5) is 0 Å². The van der Waals surface area contributed by atoms with Gasteiger partial charge in [0.25, 0.3) is 0 Å². The molecule has 1 heterocycles. The number of rotatable bonds is 4. The van der Waals surface area contributed by atoms with Crippen LogP contribution in [-0.4, -0.2) is 72.3 Å². The highest BCUT2D eigenvalue weighted by Crippen LogP contribution is 2.51. The minimum absolute atomic E-state index is 0.168. The number of benzene rings is 9. The highest BCUT2D eigenvalue weighted by Gasteiger charge is 2.28. The molecule has 0 spiro atoms. The van der Waals surface area contributed by atoms with Gasteiger partial charge in [0.2, 0.25) is 0 Å². The summed E-state index contributed by atoms with van der Waals surface area (Å²) in [7, 11) is 55.3. The fraction of sp³-hybridized carbons (Fsp3) is 0. The van der Waals surface area contributed by atoms with Crippen LogP contribution in [0, 0.1) is 0 Å². The molecule has 0 saturated heterocycles. The van der Waals surface area contributed by atoms with Crippen LogP contribution >= 0.6 is 0 Å². The van der Waals surface area contributed by atoms with Gasteiger partial charge in [0.1, 0.15) is 68.6 Å². The first-order valence-corrected chi connectivity index (χ1v) is 19.2. The van der Waals surface area contributed by atoms with Crippen molar-refractivity contribution in [1.29, 1.82) is 0 Å². The number of hydrogen-bond donors (Lipinski definition) is 0. The molecule has 0 bridgehead atoms. The number of imidazole rings is 1. The lowest BCUT2D eigenvalue weighted by molar-refractivity contribution is 1.10. The van der Waals surface area contributed by atoms with Gasteiger partial charge in [-0.3, -0.25) is 4.57 Å². The molecule has 0 aliphatic heterocycles. The quantitative estimate of drug-likeness (QED) is 0.201. The van der Waals surface area contributed by atoms with E-state index < -0.39 is 0 Å². The summed E-state index contributed by atoms with van der Waals surface area (Å²) in [5.41, 5.74) is 13.0. The van der Waals surface area contributed by atoms with Crippen molar-refractivity contribution in [3.05, 3.63) is 133 Å². The first-order valence-electron chi connectivity index (χ1n) is 19.2. The van der Waals surface area contributed by atoms with Gasteiger partial charge in [-0.2, -0.15) is 0 Å². The summed E-state index contributed by atoms with van der Waals surface area (Å²) in [5.74, 6) is 0.814. The molecule has 11 rings (SSSR count). The summed E-state index contributed by atoms with van der Waals surface area (Å²) in [6, 6.07) is 45.3. The summed E-state index contributed by atoms with van der Waals surface area (Å²) in [6.45, 7) is 0. The Bertz CT molecular complexity index is 3360. The topological polar surface area (TPSA) is 17.8 Å². The molecule has 0 N–H and O–H groups in total. The Balaban J connectivity index is 1.26. The van der Waals surface area contributed by atoms with E-state index in [4.69, 9.17) is 67.8 Å². The lowest BCUT2D eigenvalue weighted by Gasteiger charge is -2.29. The van der Waals surface area contributed by atoms with E-state index in [1.807, 2.05) is 60.7 Å². The maximum atomic E-state index is 7.12. The highest BCUT2D eigenvalue weighted by molar-refractivity contribution is 6.71. The molecule has 1 aliphatic rings. The van der Waals surface area contributed by atoms with Crippen LogP contribution < -0.4 is 43.7 Å². The molecular formula is C49H22B8N2. The van der Waals surface area contributed by atoms with Gasteiger partial charge in [-0.15, -0.1) is 21.9 Å². The molecule has 0 amide bonds. The van der Waals surface area contributed by atoms with Gasteiger partial charge in [-0.1, -0.05) is 131 Å². The van der Waals surface area contributed by atoms with E-state index in [2.05, 4.69) is 77.4 Å². The van der Waals surface area contributed by atoms with Gasteiger partial charge < -0.3 is 0 Å². The lowest BCUT2D eigenvalue weighted by atomic mass is 9.59. The first-order chi connectivity index (χ1) is 28.7. The molecule has 252 valence electrons. The maximum absolute atomic E-state index is 7.12. The Morgan fingerprint density at radius 1 is 0.339 bits per heavy atom. The van der Waals surface area contributed by atoms with E-state index in [0.717, 1.165) is 61.1 Å². The minimum Gasteiger partial charge on any atom is -0.292 e. The standard InChI is InChI=1S/C49H22B8N2/c50-41-37-34(23-17-19-25(20-18-23)59-33-16-7-6-15-32(33)58-49(59)24-9-2-1-3-10-24)38-40(44(53)48(57)46(55)42(38)51)36(39(37)43(52)47(56)45(41)54)31-22-21-30-27-12-5-4-11-26(27)28-13-8-14-29(31)35(28)30/h1-22H. The van der Waals surface area contributed by atoms with Crippen LogP contribution in [-0.2, 0) is 0 Å². The summed E-state index contributed by atoms with van der Waals surface area (Å²) in [5, 5.41) is 4.41. The van der Waals surface area contributed by atoms with Gasteiger partial charge in [-0.25, -0.2) is 4.98 Å². The fourth-order valence-corrected chi connectivity index (χ4v) is 9.38. The van der Waals surface area contributed by atoms with Crippen molar-refractivity contribution in [1.82, 2.24) is 9.55 Å². The third kappa shape index (κ3) is 4.96. The van der Waals surface area contributed by atoms with E-state index in [1.165, 1.54) is 11.1 Å². The van der Waals surface area contributed by atoms with E-state index in [0.29, 0.717) is 32.7 Å². The molecule has 59 heavy (non-hydrogen) atoms. The highest BCUT2D eigenvalue weighted by atomic mass is 15.1. The van der Waals surface area contributed by atoms with Gasteiger partial charge >= 0.3 is 0 Å². The number of para-hydroxylation sites is 2. The molecule has 0 fully saturated rings. The smallest absolute Gasteiger partial charge is 0.145 e. The van der Waals surface area contributed by atoms with Gasteiger partial charge in [0, 0.05) is 11.3 Å². The number of aromatic nitrogens is 2. The predicted octanol–water partition coefficient (Wildman–Crippen LogP) is 3.48. The molecule has 0 atom stereocenters. The average molecular weight is 725 g/mol. The largest absolute Gasteiger partial charge is 0.292 e. The van der Waals surface area contributed by atoms with Crippen molar-refractivity contribution in [3.8, 4) is 61.6 Å². The molecule has 10 heteroatoms. The number of hydrogen-bond acceptors (Lipinski definition) is 1. The number of nitrogens with zero attached hydrogens (tertiary/aromatic N) is 2. The summed E-state index contributed by atoms with van der Waals surface area (Å²) >= 11 is 0. The Labute approximate surface area is 352 Å². The summed E-state index contributed by atoms with van der Waals surface area (Å²) < 4.78 is 2.15. The van der Waals surface area contributed by atoms with Crippen LogP contribution in [0.2, 0.25) is 0 Å². The number of fused-ring (bicyclic) bond motifs is 6.